The number of hydrogen-bond acceptors (Lipinski definition) is 2. The molecule has 1 amide bonds. The minimum Gasteiger partial charge on any atom is -0.357 e. The fraction of sp³-hybridized carbons (Fsp3) is 0.889. The van der Waals surface area contributed by atoms with E-state index in [1.165, 1.54) is 12.8 Å². The van der Waals surface area contributed by atoms with Crippen LogP contribution >= 0.6 is 0 Å². The molecule has 0 aromatic heterocycles. The molecular formula is C9H20N2O. The van der Waals surface area contributed by atoms with E-state index in [1.54, 1.807) is 0 Å². The molecule has 72 valence electrons. The standard InChI is InChI=1S/C9H20N2O/c1-3-5-7-11(4-2)8-6-10-9-12/h9H,3-8H2,1-2H3,(H,10,12). The molecule has 0 atom stereocenters. The third kappa shape index (κ3) is 6.16. The SMILES string of the molecule is CCCCN(CC)CCNC=O. The van der Waals surface area contributed by atoms with Crippen LogP contribution in [0.1, 0.15) is 26.7 Å². The van der Waals surface area contributed by atoms with E-state index in [-0.39, 0.29) is 0 Å². The summed E-state index contributed by atoms with van der Waals surface area (Å²) >= 11 is 0. The minimum absolute atomic E-state index is 0.758. The van der Waals surface area contributed by atoms with E-state index in [0.29, 0.717) is 0 Å². The number of carbonyl (C=O) groups excluding carboxylic acids is 1. The molecule has 0 rings (SSSR count). The highest BCUT2D eigenvalue weighted by Crippen LogP contribution is 1.92. The number of nitrogens with zero attached hydrogens (tertiary/aromatic N) is 1. The van der Waals surface area contributed by atoms with Crippen LogP contribution in [0, 0.1) is 0 Å². The van der Waals surface area contributed by atoms with Gasteiger partial charge in [-0.25, -0.2) is 0 Å². The van der Waals surface area contributed by atoms with Crippen molar-refractivity contribution >= 4 is 6.41 Å². The number of amides is 1. The first-order valence-corrected chi connectivity index (χ1v) is 4.74. The molecule has 0 unspecified atom stereocenters. The monoisotopic (exact) mass is 172 g/mol. The van der Waals surface area contributed by atoms with Gasteiger partial charge in [-0.3, -0.25) is 4.79 Å². The molecular weight excluding hydrogens is 152 g/mol. The fourth-order valence-corrected chi connectivity index (χ4v) is 1.09. The maximum absolute atomic E-state index is 9.96. The number of likely N-dealkylation sites (N-methyl/N-ethyl adjacent to an activating group) is 1. The lowest BCUT2D eigenvalue weighted by Gasteiger charge is -2.19. The van der Waals surface area contributed by atoms with Crippen molar-refractivity contribution in [1.29, 1.82) is 0 Å². The molecule has 3 nitrogen and oxygen atoms in total. The molecule has 0 aromatic rings. The average Bonchev–Trinajstić information content (AvgIpc) is 2.11. The molecule has 0 aliphatic heterocycles. The van der Waals surface area contributed by atoms with Crippen molar-refractivity contribution < 1.29 is 4.79 Å². The molecule has 0 spiro atoms. The quantitative estimate of drug-likeness (QED) is 0.435. The molecule has 0 bridgehead atoms. The molecule has 3 heteroatoms. The van der Waals surface area contributed by atoms with E-state index >= 15 is 0 Å². The smallest absolute Gasteiger partial charge is 0.207 e. The van der Waals surface area contributed by atoms with Crippen molar-refractivity contribution in [3.63, 3.8) is 0 Å². The first kappa shape index (κ1) is 11.4. The Morgan fingerprint density at radius 3 is 2.58 bits per heavy atom. The van der Waals surface area contributed by atoms with E-state index in [2.05, 4.69) is 24.1 Å². The summed E-state index contributed by atoms with van der Waals surface area (Å²) in [5.41, 5.74) is 0. The van der Waals surface area contributed by atoms with Gasteiger partial charge >= 0.3 is 0 Å². The Kier molecular flexibility index (Phi) is 8.12. The van der Waals surface area contributed by atoms with Crippen molar-refractivity contribution in [1.82, 2.24) is 10.2 Å². The van der Waals surface area contributed by atoms with Crippen LogP contribution in [0.3, 0.4) is 0 Å². The molecule has 0 saturated heterocycles. The average molecular weight is 172 g/mol. The zero-order valence-corrected chi connectivity index (χ0v) is 8.18. The van der Waals surface area contributed by atoms with Gasteiger partial charge in [0.05, 0.1) is 0 Å². The Morgan fingerprint density at radius 2 is 2.08 bits per heavy atom. The summed E-state index contributed by atoms with van der Waals surface area (Å²) in [4.78, 5) is 12.3. The third-order valence-electron chi connectivity index (χ3n) is 1.93. The Hall–Kier alpha value is -0.570. The van der Waals surface area contributed by atoms with E-state index in [4.69, 9.17) is 0 Å². The van der Waals surface area contributed by atoms with E-state index in [9.17, 15) is 4.79 Å². The predicted octanol–water partition coefficient (Wildman–Crippen LogP) is 0.854. The molecule has 0 radical (unpaired) electrons. The van der Waals surface area contributed by atoms with Gasteiger partial charge in [-0.1, -0.05) is 20.3 Å². The van der Waals surface area contributed by atoms with Crippen molar-refractivity contribution in [3.8, 4) is 0 Å². The Balaban J connectivity index is 3.32. The van der Waals surface area contributed by atoms with Crippen LogP contribution in [0.5, 0.6) is 0 Å². The zero-order valence-electron chi connectivity index (χ0n) is 8.18. The van der Waals surface area contributed by atoms with E-state index < -0.39 is 0 Å². The number of nitrogens with one attached hydrogen (secondary N) is 1. The minimum atomic E-state index is 0.758. The van der Waals surface area contributed by atoms with Gasteiger partial charge < -0.3 is 10.2 Å². The van der Waals surface area contributed by atoms with Crippen molar-refractivity contribution in [2.75, 3.05) is 26.2 Å². The van der Waals surface area contributed by atoms with Gasteiger partial charge in [0, 0.05) is 13.1 Å². The molecule has 0 aliphatic carbocycles. The highest BCUT2D eigenvalue weighted by Gasteiger charge is 1.99. The molecule has 0 saturated carbocycles. The zero-order chi connectivity index (χ0) is 9.23. The number of carbonyl (C=O) groups is 1. The van der Waals surface area contributed by atoms with Gasteiger partial charge in [0.15, 0.2) is 0 Å². The van der Waals surface area contributed by atoms with Gasteiger partial charge in [0.1, 0.15) is 0 Å². The van der Waals surface area contributed by atoms with Crippen molar-refractivity contribution in [3.05, 3.63) is 0 Å². The van der Waals surface area contributed by atoms with Gasteiger partial charge in [-0.2, -0.15) is 0 Å². The Labute approximate surface area is 75.1 Å². The maximum atomic E-state index is 9.96. The Bertz CT molecular complexity index is 107. The lowest BCUT2D eigenvalue weighted by molar-refractivity contribution is -0.109. The van der Waals surface area contributed by atoms with Crippen molar-refractivity contribution in [2.24, 2.45) is 0 Å². The van der Waals surface area contributed by atoms with Gasteiger partial charge in [-0.05, 0) is 19.5 Å². The van der Waals surface area contributed by atoms with Crippen LogP contribution in [0.15, 0.2) is 0 Å². The number of rotatable bonds is 8. The van der Waals surface area contributed by atoms with E-state index in [1.807, 2.05) is 0 Å². The summed E-state index contributed by atoms with van der Waals surface area (Å²) in [5.74, 6) is 0. The van der Waals surface area contributed by atoms with Crippen LogP contribution in [0.2, 0.25) is 0 Å². The first-order chi connectivity index (χ1) is 5.85. The van der Waals surface area contributed by atoms with Crippen LogP contribution in [-0.2, 0) is 4.79 Å². The molecule has 0 aliphatic rings. The van der Waals surface area contributed by atoms with E-state index in [0.717, 1.165) is 32.6 Å². The second kappa shape index (κ2) is 8.53. The molecule has 0 fully saturated rings. The normalized spacial score (nSPS) is 10.2. The first-order valence-electron chi connectivity index (χ1n) is 4.74. The van der Waals surface area contributed by atoms with Crippen LogP contribution < -0.4 is 5.32 Å². The molecule has 12 heavy (non-hydrogen) atoms. The number of hydrogen-bond donors (Lipinski definition) is 1. The lowest BCUT2D eigenvalue weighted by Crippen LogP contribution is -2.32. The van der Waals surface area contributed by atoms with Crippen LogP contribution in [0.25, 0.3) is 0 Å². The summed E-state index contributed by atoms with van der Waals surface area (Å²) in [6, 6.07) is 0. The van der Waals surface area contributed by atoms with Gasteiger partial charge in [-0.15, -0.1) is 0 Å². The van der Waals surface area contributed by atoms with Crippen LogP contribution in [0.4, 0.5) is 0 Å². The summed E-state index contributed by atoms with van der Waals surface area (Å²) in [6.45, 7) is 8.29. The second-order valence-electron chi connectivity index (χ2n) is 2.86. The largest absolute Gasteiger partial charge is 0.357 e. The fourth-order valence-electron chi connectivity index (χ4n) is 1.09. The molecule has 1 N–H and O–H groups in total. The summed E-state index contributed by atoms with van der Waals surface area (Å²) < 4.78 is 0. The molecule has 0 aromatic carbocycles. The predicted molar refractivity (Wildman–Crippen MR) is 51.1 cm³/mol. The summed E-state index contributed by atoms with van der Waals surface area (Å²) in [7, 11) is 0. The Morgan fingerprint density at radius 1 is 1.33 bits per heavy atom. The highest BCUT2D eigenvalue weighted by molar-refractivity contribution is 5.45. The van der Waals surface area contributed by atoms with Gasteiger partial charge in [0.2, 0.25) is 6.41 Å². The lowest BCUT2D eigenvalue weighted by atomic mass is 10.3. The summed E-state index contributed by atoms with van der Waals surface area (Å²) in [5, 5.41) is 2.67. The topological polar surface area (TPSA) is 32.3 Å². The maximum Gasteiger partial charge on any atom is 0.207 e. The van der Waals surface area contributed by atoms with Gasteiger partial charge in [0.25, 0.3) is 0 Å². The highest BCUT2D eigenvalue weighted by atomic mass is 16.1. The van der Waals surface area contributed by atoms with Crippen molar-refractivity contribution in [2.45, 2.75) is 26.7 Å². The number of unbranched alkanes of at least 4 members (excludes halogenated alkanes) is 1. The third-order valence-corrected chi connectivity index (χ3v) is 1.93. The second-order valence-corrected chi connectivity index (χ2v) is 2.86. The van der Waals surface area contributed by atoms with Crippen LogP contribution in [-0.4, -0.2) is 37.5 Å². The molecule has 0 heterocycles. The summed E-state index contributed by atoms with van der Waals surface area (Å²) in [6.07, 6.45) is 3.24.